The number of aliphatic hydroxyl groups is 1. The lowest BCUT2D eigenvalue weighted by molar-refractivity contribution is -0.171. The number of rotatable bonds is 4. The molecule has 15 heavy (non-hydrogen) atoms. The summed E-state index contributed by atoms with van der Waals surface area (Å²) >= 11 is 0. The Labute approximate surface area is 85.9 Å². The number of carbonyl (C=O) groups is 2. The van der Waals surface area contributed by atoms with Gasteiger partial charge in [0.2, 0.25) is 6.29 Å². The minimum Gasteiger partial charge on any atom is -0.481 e. The van der Waals surface area contributed by atoms with Crippen molar-refractivity contribution in [3.8, 4) is 0 Å². The minimum absolute atomic E-state index is 0.399. The molecule has 5 heteroatoms. The van der Waals surface area contributed by atoms with Gasteiger partial charge in [0.1, 0.15) is 6.42 Å². The zero-order valence-electron chi connectivity index (χ0n) is 7.79. The summed E-state index contributed by atoms with van der Waals surface area (Å²) in [6.45, 7) is 0. The molecule has 1 atom stereocenters. The molecule has 1 aromatic rings. The molecule has 5 nitrogen and oxygen atoms in total. The van der Waals surface area contributed by atoms with Gasteiger partial charge >= 0.3 is 11.9 Å². The lowest BCUT2D eigenvalue weighted by Gasteiger charge is -2.10. The minimum atomic E-state index is -1.42. The molecule has 0 saturated carbocycles. The zero-order valence-corrected chi connectivity index (χ0v) is 7.79. The Kier molecular flexibility index (Phi) is 3.82. The van der Waals surface area contributed by atoms with E-state index < -0.39 is 24.6 Å². The average Bonchev–Trinajstić information content (AvgIpc) is 2.17. The highest BCUT2D eigenvalue weighted by atomic mass is 16.6. The maximum Gasteiger partial charge on any atom is 0.319 e. The van der Waals surface area contributed by atoms with Crippen molar-refractivity contribution in [1.29, 1.82) is 0 Å². The first-order chi connectivity index (χ1) is 7.09. The number of hydrogen-bond acceptors (Lipinski definition) is 4. The van der Waals surface area contributed by atoms with Crippen molar-refractivity contribution in [3.63, 3.8) is 0 Å². The van der Waals surface area contributed by atoms with Crippen molar-refractivity contribution in [3.05, 3.63) is 35.9 Å². The van der Waals surface area contributed by atoms with Crippen LogP contribution >= 0.6 is 0 Å². The molecule has 0 fully saturated rings. The van der Waals surface area contributed by atoms with E-state index in [0.29, 0.717) is 5.56 Å². The third kappa shape index (κ3) is 3.78. The van der Waals surface area contributed by atoms with Gasteiger partial charge in [-0.1, -0.05) is 30.3 Å². The lowest BCUT2D eigenvalue weighted by atomic mass is 10.2. The second-order valence-corrected chi connectivity index (χ2v) is 2.82. The maximum absolute atomic E-state index is 10.9. The van der Waals surface area contributed by atoms with Gasteiger partial charge in [0.05, 0.1) is 0 Å². The number of carboxylic acid groups (broad SMARTS) is 1. The molecule has 0 heterocycles. The van der Waals surface area contributed by atoms with Gasteiger partial charge in [0, 0.05) is 5.56 Å². The predicted octanol–water partition coefficient (Wildman–Crippen LogP) is 0.695. The molecule has 0 aliphatic rings. The van der Waals surface area contributed by atoms with Crippen LogP contribution in [0.25, 0.3) is 0 Å². The smallest absolute Gasteiger partial charge is 0.319 e. The molecule has 0 aliphatic carbocycles. The largest absolute Gasteiger partial charge is 0.481 e. The van der Waals surface area contributed by atoms with E-state index in [9.17, 15) is 14.7 Å². The van der Waals surface area contributed by atoms with Gasteiger partial charge in [-0.15, -0.1) is 0 Å². The van der Waals surface area contributed by atoms with Crippen LogP contribution < -0.4 is 0 Å². The number of carboxylic acids is 1. The Bertz CT molecular complexity index is 346. The third-order valence-corrected chi connectivity index (χ3v) is 1.62. The van der Waals surface area contributed by atoms with Gasteiger partial charge in [-0.3, -0.25) is 9.59 Å². The predicted molar refractivity (Wildman–Crippen MR) is 49.7 cm³/mol. The summed E-state index contributed by atoms with van der Waals surface area (Å²) in [5, 5.41) is 17.7. The maximum atomic E-state index is 10.9. The topological polar surface area (TPSA) is 83.8 Å². The fraction of sp³-hybridized carbons (Fsp3) is 0.200. The highest BCUT2D eigenvalue weighted by molar-refractivity contribution is 5.90. The summed E-state index contributed by atoms with van der Waals surface area (Å²) in [5.41, 5.74) is 0.399. The van der Waals surface area contributed by atoms with E-state index in [1.807, 2.05) is 0 Å². The van der Waals surface area contributed by atoms with E-state index >= 15 is 0 Å². The summed E-state index contributed by atoms with van der Waals surface area (Å²) in [7, 11) is 0. The van der Waals surface area contributed by atoms with Crippen LogP contribution in [0.2, 0.25) is 0 Å². The monoisotopic (exact) mass is 210 g/mol. The van der Waals surface area contributed by atoms with Crippen LogP contribution in [0.15, 0.2) is 30.3 Å². The van der Waals surface area contributed by atoms with E-state index in [-0.39, 0.29) is 0 Å². The standard InChI is InChI=1S/C10H10O5/c11-8(12)6-9(13)15-10(14)7-4-2-1-3-5-7/h1-5,10,14H,6H2,(H,11,12). The molecule has 0 aromatic heterocycles. The van der Waals surface area contributed by atoms with Crippen molar-refractivity contribution >= 4 is 11.9 Å². The van der Waals surface area contributed by atoms with Crippen LogP contribution in [0.5, 0.6) is 0 Å². The molecule has 80 valence electrons. The fourth-order valence-corrected chi connectivity index (χ4v) is 0.975. The molecule has 1 unspecified atom stereocenters. The summed E-state index contributed by atoms with van der Waals surface area (Å²) < 4.78 is 4.48. The Morgan fingerprint density at radius 1 is 1.27 bits per heavy atom. The van der Waals surface area contributed by atoms with E-state index in [1.54, 1.807) is 30.3 Å². The van der Waals surface area contributed by atoms with Crippen molar-refractivity contribution in [2.24, 2.45) is 0 Å². The van der Waals surface area contributed by atoms with Crippen LogP contribution in [0, 0.1) is 0 Å². The van der Waals surface area contributed by atoms with Crippen molar-refractivity contribution in [1.82, 2.24) is 0 Å². The van der Waals surface area contributed by atoms with Gasteiger partial charge < -0.3 is 14.9 Å². The van der Waals surface area contributed by atoms with Gasteiger partial charge in [0.15, 0.2) is 0 Å². The van der Waals surface area contributed by atoms with Crippen LogP contribution in [-0.2, 0) is 14.3 Å². The summed E-state index contributed by atoms with van der Waals surface area (Å²) in [4.78, 5) is 21.0. The highest BCUT2D eigenvalue weighted by Crippen LogP contribution is 2.13. The van der Waals surface area contributed by atoms with Crippen molar-refractivity contribution in [2.75, 3.05) is 0 Å². The highest BCUT2D eigenvalue weighted by Gasteiger charge is 2.15. The summed E-state index contributed by atoms with van der Waals surface area (Å²) in [5.74, 6) is -2.26. The Morgan fingerprint density at radius 2 is 1.87 bits per heavy atom. The quantitative estimate of drug-likeness (QED) is 0.434. The summed E-state index contributed by atoms with van der Waals surface area (Å²) in [6.07, 6.45) is -2.18. The molecule has 0 saturated heterocycles. The first-order valence-electron chi connectivity index (χ1n) is 4.24. The van der Waals surface area contributed by atoms with Crippen LogP contribution in [-0.4, -0.2) is 22.2 Å². The number of hydrogen-bond donors (Lipinski definition) is 2. The van der Waals surface area contributed by atoms with Crippen molar-refractivity contribution in [2.45, 2.75) is 12.7 Å². The number of aliphatic carboxylic acids is 1. The molecule has 0 spiro atoms. The molecule has 1 rings (SSSR count). The number of aliphatic hydroxyl groups excluding tert-OH is 1. The molecule has 1 aromatic carbocycles. The third-order valence-electron chi connectivity index (χ3n) is 1.62. The number of esters is 1. The second kappa shape index (κ2) is 5.11. The van der Waals surface area contributed by atoms with Crippen molar-refractivity contribution < 1.29 is 24.5 Å². The fourth-order valence-electron chi connectivity index (χ4n) is 0.975. The van der Waals surface area contributed by atoms with Gasteiger partial charge in [0.25, 0.3) is 0 Å². The molecular formula is C10H10O5. The Hall–Kier alpha value is -1.88. The van der Waals surface area contributed by atoms with E-state index in [0.717, 1.165) is 0 Å². The van der Waals surface area contributed by atoms with Gasteiger partial charge in [-0.25, -0.2) is 0 Å². The lowest BCUT2D eigenvalue weighted by Crippen LogP contribution is -2.14. The van der Waals surface area contributed by atoms with Crippen LogP contribution in [0.1, 0.15) is 18.3 Å². The molecule has 2 N–H and O–H groups in total. The first kappa shape index (κ1) is 11.2. The van der Waals surface area contributed by atoms with Crippen LogP contribution in [0.4, 0.5) is 0 Å². The summed E-state index contributed by atoms with van der Waals surface area (Å²) in [6, 6.07) is 8.22. The second-order valence-electron chi connectivity index (χ2n) is 2.82. The Balaban J connectivity index is 2.53. The SMILES string of the molecule is O=C(O)CC(=O)OC(O)c1ccccc1. The first-order valence-corrected chi connectivity index (χ1v) is 4.24. The Morgan fingerprint density at radius 3 is 2.40 bits per heavy atom. The van der Waals surface area contributed by atoms with E-state index in [4.69, 9.17) is 5.11 Å². The molecule has 0 bridgehead atoms. The molecule has 0 radical (unpaired) electrons. The van der Waals surface area contributed by atoms with Gasteiger partial charge in [-0.05, 0) is 0 Å². The van der Waals surface area contributed by atoms with Gasteiger partial charge in [-0.2, -0.15) is 0 Å². The number of ether oxygens (including phenoxy) is 1. The van der Waals surface area contributed by atoms with E-state index in [2.05, 4.69) is 4.74 Å². The average molecular weight is 210 g/mol. The normalized spacial score (nSPS) is 11.8. The van der Waals surface area contributed by atoms with Crippen LogP contribution in [0.3, 0.4) is 0 Å². The number of benzene rings is 1. The number of carbonyl (C=O) groups excluding carboxylic acids is 1. The molecular weight excluding hydrogens is 200 g/mol. The molecule has 0 aliphatic heterocycles. The van der Waals surface area contributed by atoms with E-state index in [1.165, 1.54) is 0 Å². The zero-order chi connectivity index (χ0) is 11.3. The molecule has 0 amide bonds.